The molecule has 126 valence electrons. The van der Waals surface area contributed by atoms with Crippen molar-refractivity contribution < 1.29 is 4.52 Å². The Bertz CT molecular complexity index is 1060. The van der Waals surface area contributed by atoms with Gasteiger partial charge >= 0.3 is 0 Å². The predicted molar refractivity (Wildman–Crippen MR) is 99.4 cm³/mol. The number of benzene rings is 2. The fraction of sp³-hybridized carbons (Fsp3) is 0.200. The van der Waals surface area contributed by atoms with Gasteiger partial charge in [0.25, 0.3) is 0 Å². The van der Waals surface area contributed by atoms with Crippen molar-refractivity contribution in [3.05, 3.63) is 65.3 Å². The van der Waals surface area contributed by atoms with Crippen molar-refractivity contribution in [1.29, 1.82) is 0 Å². The molecule has 0 aliphatic heterocycles. The molecule has 4 rings (SSSR count). The normalized spacial score (nSPS) is 11.3. The molecule has 0 saturated heterocycles. The second kappa shape index (κ2) is 5.77. The Morgan fingerprint density at radius 1 is 1.12 bits per heavy atom. The molecule has 2 aromatic carbocycles. The van der Waals surface area contributed by atoms with Gasteiger partial charge in [0.05, 0.1) is 23.2 Å². The van der Waals surface area contributed by atoms with Gasteiger partial charge in [-0.15, -0.1) is 0 Å². The lowest BCUT2D eigenvalue weighted by atomic mass is 10.0. The number of imidazole rings is 1. The molecule has 0 spiro atoms. The van der Waals surface area contributed by atoms with E-state index >= 15 is 0 Å². The molecule has 0 bridgehead atoms. The lowest BCUT2D eigenvalue weighted by Crippen LogP contribution is -1.99. The molecule has 0 unspecified atom stereocenters. The van der Waals surface area contributed by atoms with Gasteiger partial charge in [0.2, 0.25) is 0 Å². The summed E-state index contributed by atoms with van der Waals surface area (Å²) < 4.78 is 7.44. The third kappa shape index (κ3) is 2.67. The second-order valence-corrected chi connectivity index (χ2v) is 6.49. The maximum atomic E-state index is 6.27. The maximum Gasteiger partial charge on any atom is 0.141 e. The monoisotopic (exact) mass is 332 g/mol. The van der Waals surface area contributed by atoms with E-state index in [4.69, 9.17) is 10.3 Å². The molecular weight excluding hydrogens is 312 g/mol. The van der Waals surface area contributed by atoms with E-state index in [1.54, 1.807) is 0 Å². The topological polar surface area (TPSA) is 69.9 Å². The van der Waals surface area contributed by atoms with E-state index in [1.165, 1.54) is 11.1 Å². The summed E-state index contributed by atoms with van der Waals surface area (Å²) in [4.78, 5) is 4.50. The lowest BCUT2D eigenvalue weighted by Gasteiger charge is -2.08. The second-order valence-electron chi connectivity index (χ2n) is 6.49. The first-order valence-electron chi connectivity index (χ1n) is 8.26. The Kier molecular flexibility index (Phi) is 3.57. The van der Waals surface area contributed by atoms with Crippen LogP contribution in [-0.2, 0) is 6.54 Å². The van der Waals surface area contributed by atoms with Crippen LogP contribution in [-0.4, -0.2) is 14.7 Å². The SMILES string of the molecule is Cc1cccc(Cn2cnc3c(N)cc(-c4c(C)noc4C)cc32)c1. The predicted octanol–water partition coefficient (Wildman–Crippen LogP) is 4.25. The molecule has 0 saturated carbocycles. The zero-order valence-corrected chi connectivity index (χ0v) is 14.6. The van der Waals surface area contributed by atoms with E-state index in [0.29, 0.717) is 5.69 Å². The number of aromatic nitrogens is 3. The number of hydrogen-bond donors (Lipinski definition) is 1. The molecular formula is C20H20N4O. The number of rotatable bonds is 3. The quantitative estimate of drug-likeness (QED) is 0.569. The summed E-state index contributed by atoms with van der Waals surface area (Å²) in [6, 6.07) is 12.5. The summed E-state index contributed by atoms with van der Waals surface area (Å²) in [7, 11) is 0. The Labute approximate surface area is 146 Å². The molecule has 2 aromatic heterocycles. The van der Waals surface area contributed by atoms with E-state index in [9.17, 15) is 0 Å². The highest BCUT2D eigenvalue weighted by Gasteiger charge is 2.15. The number of nitrogens with zero attached hydrogens (tertiary/aromatic N) is 3. The van der Waals surface area contributed by atoms with Crippen LogP contribution in [0, 0.1) is 20.8 Å². The van der Waals surface area contributed by atoms with Crippen molar-refractivity contribution in [1.82, 2.24) is 14.7 Å². The van der Waals surface area contributed by atoms with Crippen LogP contribution < -0.4 is 5.73 Å². The Morgan fingerprint density at radius 3 is 2.68 bits per heavy atom. The number of nitrogen functional groups attached to an aromatic ring is 1. The minimum atomic E-state index is 0.662. The first-order chi connectivity index (χ1) is 12.0. The number of hydrogen-bond acceptors (Lipinski definition) is 4. The average molecular weight is 332 g/mol. The highest BCUT2D eigenvalue weighted by Crippen LogP contribution is 2.32. The number of fused-ring (bicyclic) bond motifs is 1. The van der Waals surface area contributed by atoms with Gasteiger partial charge in [0.1, 0.15) is 11.3 Å². The van der Waals surface area contributed by atoms with Gasteiger partial charge in [0.15, 0.2) is 0 Å². The van der Waals surface area contributed by atoms with Gasteiger partial charge in [0, 0.05) is 12.1 Å². The van der Waals surface area contributed by atoms with E-state index in [1.807, 2.05) is 26.2 Å². The average Bonchev–Trinajstić information content (AvgIpc) is 3.11. The van der Waals surface area contributed by atoms with Crippen molar-refractivity contribution in [2.75, 3.05) is 5.73 Å². The van der Waals surface area contributed by atoms with Crippen molar-refractivity contribution in [3.63, 3.8) is 0 Å². The minimum absolute atomic E-state index is 0.662. The van der Waals surface area contributed by atoms with Gasteiger partial charge in [-0.1, -0.05) is 35.0 Å². The van der Waals surface area contributed by atoms with Crippen LogP contribution in [0.25, 0.3) is 22.2 Å². The molecule has 0 atom stereocenters. The third-order valence-corrected chi connectivity index (χ3v) is 4.51. The first-order valence-corrected chi connectivity index (χ1v) is 8.26. The Hall–Kier alpha value is -3.08. The van der Waals surface area contributed by atoms with Crippen LogP contribution in [0.5, 0.6) is 0 Å². The van der Waals surface area contributed by atoms with Crippen molar-refractivity contribution in [2.24, 2.45) is 0 Å². The zero-order chi connectivity index (χ0) is 17.6. The Balaban J connectivity index is 1.84. The zero-order valence-electron chi connectivity index (χ0n) is 14.6. The van der Waals surface area contributed by atoms with Crippen molar-refractivity contribution in [2.45, 2.75) is 27.3 Å². The fourth-order valence-corrected chi connectivity index (χ4v) is 3.36. The molecule has 0 radical (unpaired) electrons. The van der Waals surface area contributed by atoms with Gasteiger partial charge < -0.3 is 14.8 Å². The van der Waals surface area contributed by atoms with Crippen molar-refractivity contribution >= 4 is 16.7 Å². The molecule has 4 aromatic rings. The lowest BCUT2D eigenvalue weighted by molar-refractivity contribution is 0.393. The van der Waals surface area contributed by atoms with E-state index in [2.05, 4.69) is 52.0 Å². The van der Waals surface area contributed by atoms with Crippen LogP contribution >= 0.6 is 0 Å². The standard InChI is InChI=1S/C20H20N4O/c1-12-5-4-6-15(7-12)10-24-11-22-20-17(21)8-16(9-18(20)24)19-13(2)23-25-14(19)3/h4-9,11H,10,21H2,1-3H3. The molecule has 5 heteroatoms. The van der Waals surface area contributed by atoms with Crippen molar-refractivity contribution in [3.8, 4) is 11.1 Å². The first kappa shape index (κ1) is 15.4. The number of aryl methyl sites for hydroxylation is 3. The molecule has 5 nitrogen and oxygen atoms in total. The van der Waals surface area contributed by atoms with Crippen LogP contribution in [0.3, 0.4) is 0 Å². The molecule has 0 amide bonds. The van der Waals surface area contributed by atoms with Gasteiger partial charge in [-0.2, -0.15) is 0 Å². The summed E-state index contributed by atoms with van der Waals surface area (Å²) in [5.41, 5.74) is 14.1. The molecule has 0 aliphatic rings. The van der Waals surface area contributed by atoms with Crippen LogP contribution in [0.15, 0.2) is 47.2 Å². The molecule has 25 heavy (non-hydrogen) atoms. The number of anilines is 1. The Morgan fingerprint density at radius 2 is 1.96 bits per heavy atom. The summed E-state index contributed by atoms with van der Waals surface area (Å²) in [5, 5.41) is 4.05. The minimum Gasteiger partial charge on any atom is -0.397 e. The smallest absolute Gasteiger partial charge is 0.141 e. The van der Waals surface area contributed by atoms with Crippen LogP contribution in [0.4, 0.5) is 5.69 Å². The largest absolute Gasteiger partial charge is 0.397 e. The van der Waals surface area contributed by atoms with Gasteiger partial charge in [-0.25, -0.2) is 4.98 Å². The van der Waals surface area contributed by atoms with Crippen LogP contribution in [0.2, 0.25) is 0 Å². The maximum absolute atomic E-state index is 6.27. The van der Waals surface area contributed by atoms with Crippen LogP contribution in [0.1, 0.15) is 22.6 Å². The van der Waals surface area contributed by atoms with E-state index < -0.39 is 0 Å². The molecule has 2 heterocycles. The highest BCUT2D eigenvalue weighted by molar-refractivity contribution is 5.92. The summed E-state index contributed by atoms with van der Waals surface area (Å²) in [5.74, 6) is 0.793. The summed E-state index contributed by atoms with van der Waals surface area (Å²) in [6.07, 6.45) is 1.85. The van der Waals surface area contributed by atoms with E-state index in [-0.39, 0.29) is 0 Å². The third-order valence-electron chi connectivity index (χ3n) is 4.51. The molecule has 2 N–H and O–H groups in total. The van der Waals surface area contributed by atoms with Gasteiger partial charge in [-0.05, 0) is 44.0 Å². The fourth-order valence-electron chi connectivity index (χ4n) is 3.36. The number of nitrogens with two attached hydrogens (primary N) is 1. The highest BCUT2D eigenvalue weighted by atomic mass is 16.5. The summed E-state index contributed by atoms with van der Waals surface area (Å²) in [6.45, 7) is 6.71. The summed E-state index contributed by atoms with van der Waals surface area (Å²) >= 11 is 0. The van der Waals surface area contributed by atoms with E-state index in [0.717, 1.165) is 40.2 Å². The molecule has 0 aliphatic carbocycles. The van der Waals surface area contributed by atoms with Gasteiger partial charge in [-0.3, -0.25) is 0 Å². The molecule has 0 fully saturated rings.